The van der Waals surface area contributed by atoms with Crippen LogP contribution >= 0.6 is 0 Å². The van der Waals surface area contributed by atoms with E-state index in [0.717, 1.165) is 111 Å². The van der Waals surface area contributed by atoms with Gasteiger partial charge in [-0.2, -0.15) is 0 Å². The first kappa shape index (κ1) is 30.4. The molecular formula is C28H52N6O3. The minimum atomic E-state index is 0.651. The highest BCUT2D eigenvalue weighted by atomic mass is 16.5. The number of ether oxygens (including phenoxy) is 3. The van der Waals surface area contributed by atoms with Crippen molar-refractivity contribution in [2.45, 2.75) is 25.9 Å². The van der Waals surface area contributed by atoms with Crippen LogP contribution in [0.2, 0.25) is 0 Å². The van der Waals surface area contributed by atoms with E-state index in [1.54, 1.807) is 0 Å². The van der Waals surface area contributed by atoms with Crippen LogP contribution in [0.1, 0.15) is 24.0 Å². The third-order valence-electron chi connectivity index (χ3n) is 6.78. The van der Waals surface area contributed by atoms with Gasteiger partial charge in [-0.25, -0.2) is 0 Å². The lowest BCUT2D eigenvalue weighted by molar-refractivity contribution is 0.0366. The SMILES string of the molecule is c1cc(CN2CCOCCNCCOCCOCC2)ccc1CN1CCCNCCNCCCNCC1. The lowest BCUT2D eigenvalue weighted by Gasteiger charge is -2.24. The molecule has 2 heterocycles. The van der Waals surface area contributed by atoms with E-state index in [1.165, 1.54) is 24.0 Å². The van der Waals surface area contributed by atoms with Crippen LogP contribution in [0, 0.1) is 0 Å². The molecule has 0 aliphatic carbocycles. The summed E-state index contributed by atoms with van der Waals surface area (Å²) in [5.74, 6) is 0. The molecule has 3 rings (SSSR count). The van der Waals surface area contributed by atoms with Gasteiger partial charge in [-0.05, 0) is 50.1 Å². The molecule has 9 nitrogen and oxygen atoms in total. The molecule has 2 aliphatic rings. The maximum absolute atomic E-state index is 5.84. The number of nitrogens with zero attached hydrogens (tertiary/aromatic N) is 2. The third-order valence-corrected chi connectivity index (χ3v) is 6.78. The van der Waals surface area contributed by atoms with E-state index in [-0.39, 0.29) is 0 Å². The van der Waals surface area contributed by atoms with E-state index >= 15 is 0 Å². The molecule has 2 saturated heterocycles. The number of hydrogen-bond donors (Lipinski definition) is 4. The second kappa shape index (κ2) is 20.8. The van der Waals surface area contributed by atoms with Crippen LogP contribution in [0.25, 0.3) is 0 Å². The second-order valence-electron chi connectivity index (χ2n) is 9.91. The molecule has 9 heteroatoms. The van der Waals surface area contributed by atoms with Gasteiger partial charge in [-0.1, -0.05) is 24.3 Å². The Bertz CT molecular complexity index is 636. The molecule has 1 aromatic carbocycles. The van der Waals surface area contributed by atoms with Gasteiger partial charge in [0.15, 0.2) is 0 Å². The monoisotopic (exact) mass is 520 g/mol. The van der Waals surface area contributed by atoms with Crippen LogP contribution in [-0.2, 0) is 27.3 Å². The Balaban J connectivity index is 1.45. The highest BCUT2D eigenvalue weighted by Gasteiger charge is 2.10. The second-order valence-corrected chi connectivity index (χ2v) is 9.91. The summed E-state index contributed by atoms with van der Waals surface area (Å²) in [5, 5.41) is 14.0. The Kier molecular flexibility index (Phi) is 17.1. The van der Waals surface area contributed by atoms with Gasteiger partial charge in [-0.3, -0.25) is 9.80 Å². The Morgan fingerprint density at radius 3 is 1.59 bits per heavy atom. The molecule has 37 heavy (non-hydrogen) atoms. The number of nitrogens with one attached hydrogen (secondary N) is 4. The van der Waals surface area contributed by atoms with Crippen molar-refractivity contribution >= 4 is 0 Å². The molecule has 0 spiro atoms. The summed E-state index contributed by atoms with van der Waals surface area (Å²) in [5.41, 5.74) is 2.73. The summed E-state index contributed by atoms with van der Waals surface area (Å²) >= 11 is 0. The van der Waals surface area contributed by atoms with Gasteiger partial charge < -0.3 is 35.5 Å². The number of hydrogen-bond acceptors (Lipinski definition) is 9. The summed E-state index contributed by atoms with van der Waals surface area (Å²) < 4.78 is 17.2. The summed E-state index contributed by atoms with van der Waals surface area (Å²) in [6, 6.07) is 9.20. The van der Waals surface area contributed by atoms with Crippen molar-refractivity contribution in [1.82, 2.24) is 31.1 Å². The molecule has 0 bridgehead atoms. The van der Waals surface area contributed by atoms with Gasteiger partial charge in [0.1, 0.15) is 0 Å². The fourth-order valence-corrected chi connectivity index (χ4v) is 4.59. The van der Waals surface area contributed by atoms with Gasteiger partial charge >= 0.3 is 0 Å². The molecule has 2 aliphatic heterocycles. The Morgan fingerprint density at radius 1 is 0.459 bits per heavy atom. The van der Waals surface area contributed by atoms with Gasteiger partial charge in [-0.15, -0.1) is 0 Å². The highest BCUT2D eigenvalue weighted by Crippen LogP contribution is 2.11. The quantitative estimate of drug-likeness (QED) is 0.454. The zero-order valence-corrected chi connectivity index (χ0v) is 23.0. The molecular weight excluding hydrogens is 468 g/mol. The maximum Gasteiger partial charge on any atom is 0.0701 e. The van der Waals surface area contributed by atoms with Gasteiger partial charge in [0.2, 0.25) is 0 Å². The normalized spacial score (nSPS) is 22.9. The van der Waals surface area contributed by atoms with Crippen molar-refractivity contribution in [2.24, 2.45) is 0 Å². The summed E-state index contributed by atoms with van der Waals surface area (Å²) in [4.78, 5) is 5.02. The van der Waals surface area contributed by atoms with E-state index in [2.05, 4.69) is 55.3 Å². The molecule has 0 unspecified atom stereocenters. The molecule has 212 valence electrons. The lowest BCUT2D eigenvalue weighted by Crippen LogP contribution is -2.36. The smallest absolute Gasteiger partial charge is 0.0701 e. The minimum absolute atomic E-state index is 0.651. The van der Waals surface area contributed by atoms with E-state index in [9.17, 15) is 0 Å². The zero-order valence-electron chi connectivity index (χ0n) is 23.0. The first-order valence-corrected chi connectivity index (χ1v) is 14.5. The molecule has 0 atom stereocenters. The predicted molar refractivity (Wildman–Crippen MR) is 150 cm³/mol. The average molecular weight is 521 g/mol. The molecule has 0 amide bonds. The van der Waals surface area contributed by atoms with Crippen molar-refractivity contribution in [1.29, 1.82) is 0 Å². The number of rotatable bonds is 4. The van der Waals surface area contributed by atoms with E-state index < -0.39 is 0 Å². The van der Waals surface area contributed by atoms with Crippen LogP contribution in [0.4, 0.5) is 0 Å². The molecule has 0 radical (unpaired) electrons. The van der Waals surface area contributed by atoms with Crippen molar-refractivity contribution in [3.63, 3.8) is 0 Å². The van der Waals surface area contributed by atoms with E-state index in [4.69, 9.17) is 14.2 Å². The van der Waals surface area contributed by atoms with Gasteiger partial charge in [0, 0.05) is 65.4 Å². The van der Waals surface area contributed by atoms with Crippen LogP contribution in [0.5, 0.6) is 0 Å². The van der Waals surface area contributed by atoms with E-state index in [1.807, 2.05) is 0 Å². The largest absolute Gasteiger partial charge is 0.379 e. The molecule has 4 N–H and O–H groups in total. The summed E-state index contributed by atoms with van der Waals surface area (Å²) in [6.07, 6.45) is 2.36. The topological polar surface area (TPSA) is 82.3 Å². The lowest BCUT2D eigenvalue weighted by atomic mass is 10.1. The van der Waals surface area contributed by atoms with Crippen LogP contribution in [0.15, 0.2) is 24.3 Å². The average Bonchev–Trinajstić information content (AvgIpc) is 2.92. The van der Waals surface area contributed by atoms with Crippen molar-refractivity contribution in [2.75, 3.05) is 118 Å². The zero-order chi connectivity index (χ0) is 25.6. The minimum Gasteiger partial charge on any atom is -0.379 e. The third kappa shape index (κ3) is 15.1. The Labute approximate surface area is 225 Å². The van der Waals surface area contributed by atoms with Crippen LogP contribution in [0.3, 0.4) is 0 Å². The summed E-state index contributed by atoms with van der Waals surface area (Å²) in [6.45, 7) is 18.3. The van der Waals surface area contributed by atoms with Crippen molar-refractivity contribution in [3.8, 4) is 0 Å². The molecule has 0 aromatic heterocycles. The van der Waals surface area contributed by atoms with Gasteiger partial charge in [0.05, 0.1) is 39.6 Å². The predicted octanol–water partition coefficient (Wildman–Crippen LogP) is 0.506. The maximum atomic E-state index is 5.84. The summed E-state index contributed by atoms with van der Waals surface area (Å²) in [7, 11) is 0. The highest BCUT2D eigenvalue weighted by molar-refractivity contribution is 5.22. The Morgan fingerprint density at radius 2 is 0.946 bits per heavy atom. The molecule has 1 aromatic rings. The van der Waals surface area contributed by atoms with Crippen molar-refractivity contribution in [3.05, 3.63) is 35.4 Å². The van der Waals surface area contributed by atoms with Gasteiger partial charge in [0.25, 0.3) is 0 Å². The van der Waals surface area contributed by atoms with Crippen LogP contribution < -0.4 is 21.3 Å². The number of benzene rings is 1. The van der Waals surface area contributed by atoms with Crippen molar-refractivity contribution < 1.29 is 14.2 Å². The first-order chi connectivity index (χ1) is 18.4. The van der Waals surface area contributed by atoms with Crippen LogP contribution in [-0.4, -0.2) is 128 Å². The first-order valence-electron chi connectivity index (χ1n) is 14.5. The fraction of sp³-hybridized carbons (Fsp3) is 0.786. The van der Waals surface area contributed by atoms with E-state index in [0.29, 0.717) is 19.8 Å². The standard InChI is InChI=1S/C28H52N6O3/c1-7-29-10-11-30-9-2-15-33(16-12-31-8-1)25-27-3-5-28(6-4-27)26-34-17-21-35-19-13-32-14-20-36-23-24-37-22-18-34/h3-6,29-32H,1-2,7-26H2. The molecule has 0 saturated carbocycles. The fourth-order valence-electron chi connectivity index (χ4n) is 4.59. The Hall–Kier alpha value is -1.14. The molecule has 2 fully saturated rings.